The van der Waals surface area contributed by atoms with Gasteiger partial charge in [-0.2, -0.15) is 0 Å². The molecule has 0 saturated carbocycles. The Morgan fingerprint density at radius 1 is 0.917 bits per heavy atom. The minimum absolute atomic E-state index is 0.0848. The Labute approximate surface area is 219 Å². The van der Waals surface area contributed by atoms with Gasteiger partial charge in [-0.3, -0.25) is 9.36 Å². The molecule has 1 aliphatic rings. The third-order valence-corrected chi connectivity index (χ3v) is 7.39. The second-order valence-electron chi connectivity index (χ2n) is 8.29. The molecule has 0 N–H and O–H groups in total. The predicted octanol–water partition coefficient (Wildman–Crippen LogP) is 5.04. The van der Waals surface area contributed by atoms with Gasteiger partial charge in [0, 0.05) is 37.4 Å². The molecule has 9 heteroatoms. The molecule has 0 radical (unpaired) electrons. The molecule has 1 aliphatic heterocycles. The molecule has 184 valence electrons. The van der Waals surface area contributed by atoms with Crippen molar-refractivity contribution in [3.05, 3.63) is 83.9 Å². The summed E-state index contributed by atoms with van der Waals surface area (Å²) in [5, 5.41) is 10.1. The van der Waals surface area contributed by atoms with E-state index in [-0.39, 0.29) is 11.7 Å². The van der Waals surface area contributed by atoms with Crippen molar-refractivity contribution in [3.8, 4) is 22.8 Å². The molecule has 5 rings (SSSR count). The van der Waals surface area contributed by atoms with Crippen molar-refractivity contribution in [3.63, 3.8) is 0 Å². The highest BCUT2D eigenvalue weighted by atomic mass is 35.5. The van der Waals surface area contributed by atoms with Crippen LogP contribution in [-0.2, 0) is 4.79 Å². The second-order valence-corrected chi connectivity index (χ2v) is 9.64. The van der Waals surface area contributed by atoms with E-state index in [2.05, 4.69) is 21.2 Å². The first-order chi connectivity index (χ1) is 17.7. The number of piperazine rings is 1. The van der Waals surface area contributed by atoms with Gasteiger partial charge in [-0.05, 0) is 36.4 Å². The number of methoxy groups -OCH3 is 1. The lowest BCUT2D eigenvalue weighted by Crippen LogP contribution is -2.49. The zero-order valence-corrected chi connectivity index (χ0v) is 21.5. The molecule has 0 aliphatic carbocycles. The van der Waals surface area contributed by atoms with Crippen LogP contribution in [0.3, 0.4) is 0 Å². The highest BCUT2D eigenvalue weighted by Crippen LogP contribution is 2.32. The number of nitrogens with zero attached hydrogens (tertiary/aromatic N) is 5. The smallest absolute Gasteiger partial charge is 0.233 e. The number of para-hydroxylation sites is 3. The molecule has 4 aromatic rings. The monoisotopic (exact) mass is 519 g/mol. The Bertz CT molecular complexity index is 1340. The summed E-state index contributed by atoms with van der Waals surface area (Å²) < 4.78 is 7.46. The van der Waals surface area contributed by atoms with Gasteiger partial charge in [0.15, 0.2) is 11.0 Å². The number of rotatable bonds is 7. The molecule has 1 aromatic heterocycles. The number of halogens is 1. The van der Waals surface area contributed by atoms with E-state index in [1.807, 2.05) is 82.3 Å². The number of aromatic nitrogens is 3. The van der Waals surface area contributed by atoms with Gasteiger partial charge in [-0.15, -0.1) is 10.2 Å². The predicted molar refractivity (Wildman–Crippen MR) is 144 cm³/mol. The summed E-state index contributed by atoms with van der Waals surface area (Å²) in [4.78, 5) is 17.3. The zero-order valence-electron chi connectivity index (χ0n) is 19.9. The molecule has 36 heavy (non-hydrogen) atoms. The number of ether oxygens (including phenoxy) is 1. The molecule has 0 atom stereocenters. The van der Waals surface area contributed by atoms with Crippen molar-refractivity contribution in [2.75, 3.05) is 43.9 Å². The van der Waals surface area contributed by atoms with Gasteiger partial charge in [0.25, 0.3) is 0 Å². The molecule has 0 spiro atoms. The quantitative estimate of drug-likeness (QED) is 0.319. The lowest BCUT2D eigenvalue weighted by atomic mass is 10.2. The van der Waals surface area contributed by atoms with E-state index in [9.17, 15) is 4.79 Å². The van der Waals surface area contributed by atoms with Crippen molar-refractivity contribution in [1.82, 2.24) is 19.7 Å². The third kappa shape index (κ3) is 5.05. The van der Waals surface area contributed by atoms with Crippen molar-refractivity contribution in [1.29, 1.82) is 0 Å². The molecule has 1 fully saturated rings. The van der Waals surface area contributed by atoms with Crippen molar-refractivity contribution < 1.29 is 9.53 Å². The van der Waals surface area contributed by atoms with E-state index in [1.54, 1.807) is 7.11 Å². The highest BCUT2D eigenvalue weighted by molar-refractivity contribution is 7.99. The summed E-state index contributed by atoms with van der Waals surface area (Å²) in [6, 6.07) is 25.4. The zero-order chi connectivity index (χ0) is 24.9. The first-order valence-electron chi connectivity index (χ1n) is 11.7. The van der Waals surface area contributed by atoms with Crippen LogP contribution in [0.15, 0.2) is 84.0 Å². The average Bonchev–Trinajstić information content (AvgIpc) is 3.36. The number of benzene rings is 3. The average molecular weight is 520 g/mol. The molecule has 2 heterocycles. The first-order valence-corrected chi connectivity index (χ1v) is 13.1. The summed E-state index contributed by atoms with van der Waals surface area (Å²) in [5.74, 6) is 1.86. The lowest BCUT2D eigenvalue weighted by molar-refractivity contribution is -0.128. The Morgan fingerprint density at radius 3 is 2.36 bits per heavy atom. The van der Waals surface area contributed by atoms with Gasteiger partial charge >= 0.3 is 0 Å². The van der Waals surface area contributed by atoms with Gasteiger partial charge in [0.1, 0.15) is 5.75 Å². The fourth-order valence-corrected chi connectivity index (χ4v) is 5.37. The summed E-state index contributed by atoms with van der Waals surface area (Å²) in [6.07, 6.45) is 0. The van der Waals surface area contributed by atoms with Gasteiger partial charge in [0.05, 0.1) is 23.6 Å². The summed E-state index contributed by atoms with van der Waals surface area (Å²) in [7, 11) is 1.68. The van der Waals surface area contributed by atoms with Crippen LogP contribution in [0.25, 0.3) is 17.1 Å². The topological polar surface area (TPSA) is 63.5 Å². The first kappa shape index (κ1) is 24.2. The van der Waals surface area contributed by atoms with E-state index in [1.165, 1.54) is 11.8 Å². The van der Waals surface area contributed by atoms with E-state index in [0.717, 1.165) is 35.8 Å². The van der Waals surface area contributed by atoms with Crippen molar-refractivity contribution in [2.45, 2.75) is 5.16 Å². The second kappa shape index (κ2) is 11.1. The van der Waals surface area contributed by atoms with Crippen molar-refractivity contribution >= 4 is 35.0 Å². The molecular formula is C27H26ClN5O2S. The Morgan fingerprint density at radius 2 is 1.61 bits per heavy atom. The molecule has 1 amide bonds. The van der Waals surface area contributed by atoms with Crippen molar-refractivity contribution in [2.24, 2.45) is 0 Å². The van der Waals surface area contributed by atoms with Crippen LogP contribution in [0.4, 0.5) is 5.69 Å². The maximum Gasteiger partial charge on any atom is 0.233 e. The molecule has 7 nitrogen and oxygen atoms in total. The van der Waals surface area contributed by atoms with E-state index < -0.39 is 0 Å². The number of amides is 1. The maximum atomic E-state index is 13.1. The van der Waals surface area contributed by atoms with Crippen LogP contribution >= 0.6 is 23.4 Å². The number of hydrogen-bond acceptors (Lipinski definition) is 6. The summed E-state index contributed by atoms with van der Waals surface area (Å²) >= 11 is 7.86. The normalized spacial score (nSPS) is 13.6. The number of anilines is 1. The third-order valence-electron chi connectivity index (χ3n) is 6.15. The van der Waals surface area contributed by atoms with Gasteiger partial charge in [-0.25, -0.2) is 0 Å². The fourth-order valence-electron chi connectivity index (χ4n) is 4.30. The fraction of sp³-hybridized carbons (Fsp3) is 0.222. The number of carbonyl (C=O) groups excluding carboxylic acids is 1. The molecule has 0 unspecified atom stereocenters. The number of hydrogen-bond donors (Lipinski definition) is 0. The standard InChI is InChI=1S/C27H26ClN5O2S/c1-35-24-14-8-7-13-23(24)31-15-17-32(18-16-31)25(34)19-36-27-30-29-26(21-11-5-6-12-22(21)28)33(27)20-9-3-2-4-10-20/h2-14H,15-19H2,1H3. The largest absolute Gasteiger partial charge is 0.495 e. The number of carbonyl (C=O) groups is 1. The highest BCUT2D eigenvalue weighted by Gasteiger charge is 2.24. The Hall–Kier alpha value is -3.49. The molecule has 1 saturated heterocycles. The maximum absolute atomic E-state index is 13.1. The Balaban J connectivity index is 1.29. The molecule has 0 bridgehead atoms. The minimum atomic E-state index is 0.0848. The van der Waals surface area contributed by atoms with E-state index in [0.29, 0.717) is 29.1 Å². The summed E-state index contributed by atoms with van der Waals surface area (Å²) in [5.41, 5.74) is 2.77. The van der Waals surface area contributed by atoms with Crippen LogP contribution in [-0.4, -0.2) is 64.6 Å². The molecular weight excluding hydrogens is 494 g/mol. The number of thioether (sulfide) groups is 1. The lowest BCUT2D eigenvalue weighted by Gasteiger charge is -2.36. The SMILES string of the molecule is COc1ccccc1N1CCN(C(=O)CSc2nnc(-c3ccccc3Cl)n2-c2ccccc2)CC1. The van der Waals surface area contributed by atoms with E-state index in [4.69, 9.17) is 16.3 Å². The van der Waals surface area contributed by atoms with Gasteiger partial charge in [0.2, 0.25) is 5.91 Å². The van der Waals surface area contributed by atoms with Crippen LogP contribution in [0, 0.1) is 0 Å². The minimum Gasteiger partial charge on any atom is -0.495 e. The van der Waals surface area contributed by atoms with Gasteiger partial charge in [-0.1, -0.05) is 65.8 Å². The van der Waals surface area contributed by atoms with Crippen LogP contribution < -0.4 is 9.64 Å². The van der Waals surface area contributed by atoms with Crippen LogP contribution in [0.1, 0.15) is 0 Å². The summed E-state index contributed by atoms with van der Waals surface area (Å²) in [6.45, 7) is 2.84. The van der Waals surface area contributed by atoms with E-state index >= 15 is 0 Å². The molecule has 3 aromatic carbocycles. The van der Waals surface area contributed by atoms with Crippen LogP contribution in [0.2, 0.25) is 5.02 Å². The Kier molecular flexibility index (Phi) is 7.44. The van der Waals surface area contributed by atoms with Gasteiger partial charge < -0.3 is 14.5 Å². The van der Waals surface area contributed by atoms with Crippen LogP contribution in [0.5, 0.6) is 5.75 Å².